The maximum absolute atomic E-state index is 13.2. The summed E-state index contributed by atoms with van der Waals surface area (Å²) in [7, 11) is 1.55. The number of ketones is 1. The highest BCUT2D eigenvalue weighted by Gasteiger charge is 2.48. The van der Waals surface area contributed by atoms with E-state index in [-0.39, 0.29) is 17.4 Å². The number of methoxy groups -OCH3 is 1. The summed E-state index contributed by atoms with van der Waals surface area (Å²) in [6.45, 7) is 1.97. The van der Waals surface area contributed by atoms with Gasteiger partial charge in [-0.2, -0.15) is 0 Å². The zero-order chi connectivity index (χ0) is 22.4. The van der Waals surface area contributed by atoms with Crippen molar-refractivity contribution in [1.82, 2.24) is 4.98 Å². The van der Waals surface area contributed by atoms with Crippen molar-refractivity contribution in [2.24, 2.45) is 0 Å². The van der Waals surface area contributed by atoms with E-state index in [1.807, 2.05) is 13.0 Å². The Labute approximate surface area is 188 Å². The molecule has 1 amide bonds. The van der Waals surface area contributed by atoms with Crippen molar-refractivity contribution in [2.45, 2.75) is 25.5 Å². The fraction of sp³-hybridized carbons (Fsp3) is 0.208. The lowest BCUT2D eigenvalue weighted by Gasteiger charge is -2.23. The Balaban J connectivity index is 1.69. The number of aliphatic hydroxyl groups excluding tert-OH is 1. The standard InChI is InChI=1S/C24H20N2O5S/c1-13-10-16-11-15(6-7-18(16)31-13)21(27)19-20(14-4-3-5-17(12-14)30-2)26(23(29)22(19)28)24-25-8-9-32-24/h3-9,11-13,20,27H,10H2,1-2H3/b21-19-. The lowest BCUT2D eigenvalue weighted by molar-refractivity contribution is -0.132. The first-order valence-electron chi connectivity index (χ1n) is 10.1. The molecule has 0 bridgehead atoms. The Morgan fingerprint density at radius 3 is 2.84 bits per heavy atom. The van der Waals surface area contributed by atoms with Crippen LogP contribution in [0.5, 0.6) is 11.5 Å². The molecule has 5 rings (SSSR count). The molecule has 7 nitrogen and oxygen atoms in total. The molecule has 1 fully saturated rings. The van der Waals surface area contributed by atoms with E-state index in [0.29, 0.717) is 28.4 Å². The predicted octanol–water partition coefficient (Wildman–Crippen LogP) is 4.10. The third-order valence-electron chi connectivity index (χ3n) is 5.65. The molecule has 0 aliphatic carbocycles. The third-order valence-corrected chi connectivity index (χ3v) is 6.42. The number of carbonyl (C=O) groups is 2. The average molecular weight is 449 g/mol. The maximum atomic E-state index is 13.2. The molecular weight excluding hydrogens is 428 g/mol. The molecule has 162 valence electrons. The minimum Gasteiger partial charge on any atom is -0.507 e. The molecule has 2 aliphatic rings. The van der Waals surface area contributed by atoms with Gasteiger partial charge in [0.1, 0.15) is 23.4 Å². The van der Waals surface area contributed by atoms with Gasteiger partial charge in [-0.15, -0.1) is 11.3 Å². The van der Waals surface area contributed by atoms with Crippen molar-refractivity contribution in [3.8, 4) is 11.5 Å². The number of Topliss-reactive ketones (excluding diaryl/α,β-unsaturated/α-hetero) is 1. The highest BCUT2D eigenvalue weighted by Crippen LogP contribution is 2.43. The summed E-state index contributed by atoms with van der Waals surface area (Å²) < 4.78 is 11.1. The number of thiazole rings is 1. The Hall–Kier alpha value is -3.65. The SMILES string of the molecule is COc1cccc(C2/C(=C(/O)c3ccc4c(c3)CC(C)O4)C(=O)C(=O)N2c2nccs2)c1. The van der Waals surface area contributed by atoms with E-state index in [4.69, 9.17) is 9.47 Å². The average Bonchev–Trinajstić information content (AvgIpc) is 3.51. The Bertz CT molecular complexity index is 1250. The van der Waals surface area contributed by atoms with Crippen LogP contribution in [0.15, 0.2) is 59.6 Å². The molecule has 2 unspecified atom stereocenters. The van der Waals surface area contributed by atoms with Crippen LogP contribution in [-0.2, 0) is 16.0 Å². The summed E-state index contributed by atoms with van der Waals surface area (Å²) in [6.07, 6.45) is 2.34. The molecule has 1 N–H and O–H groups in total. The van der Waals surface area contributed by atoms with Crippen molar-refractivity contribution < 1.29 is 24.2 Å². The fourth-order valence-electron chi connectivity index (χ4n) is 4.22. The van der Waals surface area contributed by atoms with Crippen LogP contribution in [0.4, 0.5) is 5.13 Å². The smallest absolute Gasteiger partial charge is 0.301 e. The van der Waals surface area contributed by atoms with Crippen LogP contribution in [0.1, 0.15) is 29.7 Å². The summed E-state index contributed by atoms with van der Waals surface area (Å²) in [6, 6.07) is 11.6. The van der Waals surface area contributed by atoms with Crippen LogP contribution in [-0.4, -0.2) is 35.0 Å². The predicted molar refractivity (Wildman–Crippen MR) is 120 cm³/mol. The molecule has 3 heterocycles. The molecular formula is C24H20N2O5S. The zero-order valence-electron chi connectivity index (χ0n) is 17.4. The number of fused-ring (bicyclic) bond motifs is 1. The first-order valence-corrected chi connectivity index (χ1v) is 11.0. The fourth-order valence-corrected chi connectivity index (χ4v) is 4.88. The number of benzene rings is 2. The second-order valence-corrected chi connectivity index (χ2v) is 8.59. The summed E-state index contributed by atoms with van der Waals surface area (Å²) in [4.78, 5) is 31.8. The van der Waals surface area contributed by atoms with Crippen molar-refractivity contribution in [3.05, 3.63) is 76.3 Å². The number of aliphatic hydroxyl groups is 1. The second-order valence-electron chi connectivity index (χ2n) is 7.72. The summed E-state index contributed by atoms with van der Waals surface area (Å²) in [5, 5.41) is 13.4. The number of aromatic nitrogens is 1. The number of hydrogen-bond acceptors (Lipinski definition) is 7. The summed E-state index contributed by atoms with van der Waals surface area (Å²) in [5.41, 5.74) is 2.07. The molecule has 8 heteroatoms. The van der Waals surface area contributed by atoms with E-state index in [1.54, 1.807) is 55.1 Å². The molecule has 32 heavy (non-hydrogen) atoms. The van der Waals surface area contributed by atoms with Gasteiger partial charge in [-0.25, -0.2) is 4.98 Å². The van der Waals surface area contributed by atoms with E-state index in [0.717, 1.165) is 11.3 Å². The highest BCUT2D eigenvalue weighted by molar-refractivity contribution is 7.14. The van der Waals surface area contributed by atoms with Crippen LogP contribution in [0.3, 0.4) is 0 Å². The van der Waals surface area contributed by atoms with Gasteiger partial charge in [-0.05, 0) is 48.4 Å². The van der Waals surface area contributed by atoms with E-state index in [9.17, 15) is 14.7 Å². The molecule has 0 saturated carbocycles. The number of nitrogens with zero attached hydrogens (tertiary/aromatic N) is 2. The molecule has 3 aromatic rings. The van der Waals surface area contributed by atoms with Crippen LogP contribution in [0, 0.1) is 0 Å². The molecule has 1 aromatic heterocycles. The quantitative estimate of drug-likeness (QED) is 0.367. The minimum atomic E-state index is -0.834. The van der Waals surface area contributed by atoms with Gasteiger partial charge in [0.05, 0.1) is 18.7 Å². The van der Waals surface area contributed by atoms with Crippen LogP contribution >= 0.6 is 11.3 Å². The molecule has 0 radical (unpaired) electrons. The van der Waals surface area contributed by atoms with Gasteiger partial charge in [-0.3, -0.25) is 14.5 Å². The lowest BCUT2D eigenvalue weighted by Crippen LogP contribution is -2.29. The molecule has 0 spiro atoms. The molecule has 2 atom stereocenters. The van der Waals surface area contributed by atoms with E-state index >= 15 is 0 Å². The number of hydrogen-bond donors (Lipinski definition) is 1. The minimum absolute atomic E-state index is 0.0189. The van der Waals surface area contributed by atoms with Crippen molar-refractivity contribution in [1.29, 1.82) is 0 Å². The van der Waals surface area contributed by atoms with Gasteiger partial charge in [0, 0.05) is 23.6 Å². The Morgan fingerprint density at radius 2 is 2.09 bits per heavy atom. The number of amides is 1. The van der Waals surface area contributed by atoms with Gasteiger partial charge >= 0.3 is 5.91 Å². The second kappa shape index (κ2) is 7.80. The van der Waals surface area contributed by atoms with Crippen molar-refractivity contribution >= 4 is 33.9 Å². The van der Waals surface area contributed by atoms with Gasteiger partial charge in [-0.1, -0.05) is 12.1 Å². The summed E-state index contributed by atoms with van der Waals surface area (Å²) in [5.74, 6) is -0.363. The molecule has 1 saturated heterocycles. The summed E-state index contributed by atoms with van der Waals surface area (Å²) >= 11 is 1.25. The van der Waals surface area contributed by atoms with Crippen LogP contribution < -0.4 is 14.4 Å². The van der Waals surface area contributed by atoms with Gasteiger partial charge < -0.3 is 14.6 Å². The largest absolute Gasteiger partial charge is 0.507 e. The normalized spacial score (nSPS) is 21.5. The lowest BCUT2D eigenvalue weighted by atomic mass is 9.94. The van der Waals surface area contributed by atoms with E-state index in [1.165, 1.54) is 16.2 Å². The number of rotatable bonds is 4. The van der Waals surface area contributed by atoms with Crippen LogP contribution in [0.2, 0.25) is 0 Å². The third kappa shape index (κ3) is 3.23. The van der Waals surface area contributed by atoms with E-state index < -0.39 is 17.7 Å². The number of ether oxygens (including phenoxy) is 2. The van der Waals surface area contributed by atoms with Gasteiger partial charge in [0.25, 0.3) is 5.78 Å². The maximum Gasteiger partial charge on any atom is 0.301 e. The topological polar surface area (TPSA) is 89.0 Å². The monoisotopic (exact) mass is 448 g/mol. The Morgan fingerprint density at radius 1 is 1.25 bits per heavy atom. The van der Waals surface area contributed by atoms with Crippen molar-refractivity contribution in [2.75, 3.05) is 12.0 Å². The number of carbonyl (C=O) groups excluding carboxylic acids is 2. The first-order chi connectivity index (χ1) is 15.5. The highest BCUT2D eigenvalue weighted by atomic mass is 32.1. The van der Waals surface area contributed by atoms with Gasteiger partial charge in [0.2, 0.25) is 0 Å². The molecule has 2 aliphatic heterocycles. The molecule has 2 aromatic carbocycles. The zero-order valence-corrected chi connectivity index (χ0v) is 18.3. The van der Waals surface area contributed by atoms with Crippen molar-refractivity contribution in [3.63, 3.8) is 0 Å². The Kier molecular flexibility index (Phi) is 4.94. The van der Waals surface area contributed by atoms with E-state index in [2.05, 4.69) is 4.98 Å². The van der Waals surface area contributed by atoms with Gasteiger partial charge in [0.15, 0.2) is 5.13 Å². The van der Waals surface area contributed by atoms with Crippen LogP contribution in [0.25, 0.3) is 5.76 Å². The first kappa shape index (κ1) is 20.3. The number of anilines is 1.